The monoisotopic (exact) mass is 336 g/mol. The number of fused-ring (bicyclic) bond motifs is 2. The van der Waals surface area contributed by atoms with E-state index in [0.29, 0.717) is 17.3 Å². The molecule has 25 heavy (non-hydrogen) atoms. The summed E-state index contributed by atoms with van der Waals surface area (Å²) in [7, 11) is 0. The molecule has 7 nitrogen and oxygen atoms in total. The van der Waals surface area contributed by atoms with E-state index in [0.717, 1.165) is 11.0 Å². The average molecular weight is 336 g/mol. The molecule has 2 amide bonds. The highest BCUT2D eigenvalue weighted by Gasteiger charge is 2.29. The quantitative estimate of drug-likeness (QED) is 0.679. The minimum absolute atomic E-state index is 0.0552. The maximum atomic E-state index is 12.1. The van der Waals surface area contributed by atoms with E-state index in [1.807, 2.05) is 36.4 Å². The van der Waals surface area contributed by atoms with E-state index in [2.05, 4.69) is 20.6 Å². The molecule has 1 atom stereocenters. The van der Waals surface area contributed by atoms with Crippen LogP contribution in [0.3, 0.4) is 0 Å². The van der Waals surface area contributed by atoms with Crippen LogP contribution in [-0.4, -0.2) is 27.9 Å². The van der Waals surface area contributed by atoms with Gasteiger partial charge in [0.05, 0.1) is 29.7 Å². The molecule has 2 heterocycles. The Balaban J connectivity index is 1.36. The van der Waals surface area contributed by atoms with E-state index in [1.165, 1.54) is 0 Å². The molecule has 1 unspecified atom stereocenters. The number of imidazole rings is 1. The minimum Gasteiger partial charge on any atom is -0.478 e. The molecule has 0 saturated heterocycles. The molecule has 1 aromatic heterocycles. The lowest BCUT2D eigenvalue weighted by Crippen LogP contribution is -2.40. The molecule has 0 aliphatic carbocycles. The number of aromatic amines is 1. The van der Waals surface area contributed by atoms with Gasteiger partial charge in [-0.2, -0.15) is 0 Å². The van der Waals surface area contributed by atoms with Crippen LogP contribution in [0.5, 0.6) is 5.75 Å². The molecule has 0 saturated carbocycles. The molecular weight excluding hydrogens is 320 g/mol. The molecule has 2 aromatic carbocycles. The number of hydrogen-bond donors (Lipinski definition) is 3. The summed E-state index contributed by atoms with van der Waals surface area (Å²) in [6.45, 7) is 0.262. The summed E-state index contributed by atoms with van der Waals surface area (Å²) in [6, 6.07) is 14.8. The Morgan fingerprint density at radius 3 is 2.84 bits per heavy atom. The zero-order valence-electron chi connectivity index (χ0n) is 13.3. The maximum absolute atomic E-state index is 12.1. The number of nitrogens with one attached hydrogen (secondary N) is 3. The number of amides is 2. The zero-order valence-corrected chi connectivity index (χ0v) is 13.3. The topological polar surface area (TPSA) is 96.1 Å². The van der Waals surface area contributed by atoms with Crippen molar-refractivity contribution >= 4 is 28.5 Å². The van der Waals surface area contributed by atoms with Crippen molar-refractivity contribution in [1.29, 1.82) is 0 Å². The number of anilines is 1. The Labute approximate surface area is 143 Å². The van der Waals surface area contributed by atoms with Gasteiger partial charge in [-0.05, 0) is 24.3 Å². The second-order valence-electron chi connectivity index (χ2n) is 5.77. The third kappa shape index (κ3) is 3.16. The van der Waals surface area contributed by atoms with Crippen molar-refractivity contribution in [3.63, 3.8) is 0 Å². The van der Waals surface area contributed by atoms with E-state index < -0.39 is 6.10 Å². The molecule has 126 valence electrons. The van der Waals surface area contributed by atoms with Gasteiger partial charge in [-0.3, -0.25) is 9.59 Å². The first-order valence-corrected chi connectivity index (χ1v) is 7.96. The van der Waals surface area contributed by atoms with Gasteiger partial charge in [-0.15, -0.1) is 0 Å². The minimum atomic E-state index is -0.842. The van der Waals surface area contributed by atoms with Gasteiger partial charge in [0, 0.05) is 0 Å². The van der Waals surface area contributed by atoms with Crippen LogP contribution in [0.1, 0.15) is 12.2 Å². The summed E-state index contributed by atoms with van der Waals surface area (Å²) in [4.78, 5) is 31.7. The van der Waals surface area contributed by atoms with Gasteiger partial charge in [0.1, 0.15) is 11.6 Å². The molecule has 4 rings (SSSR count). The first kappa shape index (κ1) is 15.2. The summed E-state index contributed by atoms with van der Waals surface area (Å²) in [5.74, 6) is 0.628. The van der Waals surface area contributed by atoms with Crippen LogP contribution in [0, 0.1) is 0 Å². The van der Waals surface area contributed by atoms with Crippen LogP contribution >= 0.6 is 0 Å². The highest BCUT2D eigenvalue weighted by Crippen LogP contribution is 2.29. The van der Waals surface area contributed by atoms with Crippen molar-refractivity contribution in [2.45, 2.75) is 19.1 Å². The maximum Gasteiger partial charge on any atom is 0.266 e. The van der Waals surface area contributed by atoms with Crippen LogP contribution in [0.2, 0.25) is 0 Å². The van der Waals surface area contributed by atoms with Crippen LogP contribution in [0.15, 0.2) is 48.5 Å². The van der Waals surface area contributed by atoms with Crippen LogP contribution in [0.4, 0.5) is 5.69 Å². The van der Waals surface area contributed by atoms with Crippen molar-refractivity contribution in [2.75, 3.05) is 5.32 Å². The Bertz CT molecular complexity index is 917. The van der Waals surface area contributed by atoms with E-state index in [1.54, 1.807) is 12.1 Å². The SMILES string of the molecule is O=C(CC1Oc2ccccc2NC1=O)NCc1nc2ccccc2[nH]1. The summed E-state index contributed by atoms with van der Waals surface area (Å²) < 4.78 is 5.62. The highest BCUT2D eigenvalue weighted by atomic mass is 16.5. The van der Waals surface area contributed by atoms with E-state index in [4.69, 9.17) is 4.74 Å². The summed E-state index contributed by atoms with van der Waals surface area (Å²) in [6.07, 6.45) is -0.897. The third-order valence-electron chi connectivity index (χ3n) is 3.97. The van der Waals surface area contributed by atoms with Gasteiger partial charge in [0.15, 0.2) is 6.10 Å². The molecular formula is C18H16N4O3. The average Bonchev–Trinajstić information content (AvgIpc) is 3.03. The number of aromatic nitrogens is 2. The highest BCUT2D eigenvalue weighted by molar-refractivity contribution is 5.99. The normalized spacial score (nSPS) is 16.0. The van der Waals surface area contributed by atoms with Crippen molar-refractivity contribution in [1.82, 2.24) is 15.3 Å². The molecule has 1 aliphatic rings. The Morgan fingerprint density at radius 2 is 1.96 bits per heavy atom. The first-order valence-electron chi connectivity index (χ1n) is 7.96. The fraction of sp³-hybridized carbons (Fsp3) is 0.167. The fourth-order valence-corrected chi connectivity index (χ4v) is 2.74. The second-order valence-corrected chi connectivity index (χ2v) is 5.77. The summed E-state index contributed by atoms with van der Waals surface area (Å²) in [5, 5.41) is 5.50. The van der Waals surface area contributed by atoms with E-state index in [-0.39, 0.29) is 24.8 Å². The number of carbonyl (C=O) groups is 2. The Hall–Kier alpha value is -3.35. The third-order valence-corrected chi connectivity index (χ3v) is 3.97. The number of hydrogen-bond acceptors (Lipinski definition) is 4. The van der Waals surface area contributed by atoms with Gasteiger partial charge >= 0.3 is 0 Å². The number of nitrogens with zero attached hydrogens (tertiary/aromatic N) is 1. The van der Waals surface area contributed by atoms with Crippen molar-refractivity contribution < 1.29 is 14.3 Å². The van der Waals surface area contributed by atoms with Crippen molar-refractivity contribution in [3.8, 4) is 5.75 Å². The molecule has 7 heteroatoms. The smallest absolute Gasteiger partial charge is 0.266 e. The van der Waals surface area contributed by atoms with Crippen LogP contribution in [-0.2, 0) is 16.1 Å². The molecule has 0 fully saturated rings. The van der Waals surface area contributed by atoms with Gasteiger partial charge in [0.2, 0.25) is 5.91 Å². The predicted molar refractivity (Wildman–Crippen MR) is 92.0 cm³/mol. The van der Waals surface area contributed by atoms with Gasteiger partial charge in [-0.1, -0.05) is 24.3 Å². The lowest BCUT2D eigenvalue weighted by atomic mass is 10.1. The first-order chi connectivity index (χ1) is 12.2. The Morgan fingerprint density at radius 1 is 1.16 bits per heavy atom. The number of carbonyl (C=O) groups excluding carboxylic acids is 2. The Kier molecular flexibility index (Phi) is 3.81. The van der Waals surface area contributed by atoms with Gasteiger partial charge in [0.25, 0.3) is 5.91 Å². The van der Waals surface area contributed by atoms with Crippen molar-refractivity contribution in [2.24, 2.45) is 0 Å². The molecule has 0 radical (unpaired) electrons. The largest absolute Gasteiger partial charge is 0.478 e. The van der Waals surface area contributed by atoms with Crippen LogP contribution < -0.4 is 15.4 Å². The molecule has 1 aliphatic heterocycles. The number of rotatable bonds is 4. The van der Waals surface area contributed by atoms with E-state index >= 15 is 0 Å². The summed E-state index contributed by atoms with van der Waals surface area (Å²) >= 11 is 0. The lowest BCUT2D eigenvalue weighted by Gasteiger charge is -2.25. The lowest BCUT2D eigenvalue weighted by molar-refractivity contribution is -0.130. The number of para-hydroxylation sites is 4. The number of H-pyrrole nitrogens is 1. The summed E-state index contributed by atoms with van der Waals surface area (Å²) in [5.41, 5.74) is 2.38. The van der Waals surface area contributed by atoms with Crippen LogP contribution in [0.25, 0.3) is 11.0 Å². The predicted octanol–water partition coefficient (Wildman–Crippen LogP) is 1.97. The fourth-order valence-electron chi connectivity index (χ4n) is 2.74. The number of benzene rings is 2. The molecule has 3 aromatic rings. The molecule has 0 spiro atoms. The van der Waals surface area contributed by atoms with E-state index in [9.17, 15) is 9.59 Å². The zero-order chi connectivity index (χ0) is 17.2. The number of ether oxygens (including phenoxy) is 1. The molecule has 0 bridgehead atoms. The second kappa shape index (κ2) is 6.27. The van der Waals surface area contributed by atoms with Crippen molar-refractivity contribution in [3.05, 3.63) is 54.4 Å². The van der Waals surface area contributed by atoms with Gasteiger partial charge in [-0.25, -0.2) is 4.98 Å². The molecule has 3 N–H and O–H groups in total. The standard InChI is InChI=1S/C18H16N4O3/c23-17(19-10-16-20-11-5-1-2-6-12(11)21-16)9-15-18(24)22-13-7-3-4-8-14(13)25-15/h1-8,15H,9-10H2,(H,19,23)(H,20,21)(H,22,24). The van der Waals surface area contributed by atoms with Gasteiger partial charge < -0.3 is 20.4 Å².